The molecule has 2 saturated carbocycles. The molecule has 16 rings (SSSR count). The fraction of sp³-hybridized carbons (Fsp3) is 0.145. The van der Waals surface area contributed by atoms with E-state index in [0.717, 1.165) is 39.3 Å². The van der Waals surface area contributed by atoms with Gasteiger partial charge in [0, 0.05) is 22.1 Å². The van der Waals surface area contributed by atoms with Crippen LogP contribution < -0.4 is 0 Å². The predicted octanol–water partition coefficient (Wildman–Crippen LogP) is 16.4. The lowest BCUT2D eigenvalue weighted by Gasteiger charge is -2.55. The van der Waals surface area contributed by atoms with Crippen LogP contribution in [0.3, 0.4) is 0 Å². The van der Waals surface area contributed by atoms with Crippen LogP contribution in [-0.2, 0) is 10.8 Å². The van der Waals surface area contributed by atoms with Crippen LogP contribution in [0.4, 0.5) is 0 Å². The molecule has 9 aromatic carbocycles. The summed E-state index contributed by atoms with van der Waals surface area (Å²) in [5, 5.41) is 0. The average Bonchev–Trinajstić information content (AvgIpc) is 4.12. The molecule has 340 valence electrons. The van der Waals surface area contributed by atoms with Crippen molar-refractivity contribution in [2.75, 3.05) is 0 Å². The van der Waals surface area contributed by atoms with E-state index in [9.17, 15) is 0 Å². The van der Waals surface area contributed by atoms with E-state index in [1.807, 2.05) is 12.1 Å². The molecule has 0 saturated heterocycles. The molecule has 6 aliphatic carbocycles. The molecule has 0 amide bonds. The van der Waals surface area contributed by atoms with Crippen molar-refractivity contribution in [1.29, 1.82) is 0 Å². The molecule has 72 heavy (non-hydrogen) atoms. The summed E-state index contributed by atoms with van der Waals surface area (Å²) in [6, 6.07) is 78.9. The zero-order valence-electron chi connectivity index (χ0n) is 40.1. The third-order valence-corrected chi connectivity index (χ3v) is 17.9. The lowest BCUT2D eigenvalue weighted by atomic mass is 9.47. The molecular weight excluding hydrogens is 871 g/mol. The Bertz CT molecular complexity index is 3860. The average molecular weight is 920 g/mol. The molecular formula is C69H49N3. The molecule has 0 radical (unpaired) electrons. The van der Waals surface area contributed by atoms with Crippen molar-refractivity contribution >= 4 is 0 Å². The minimum Gasteiger partial charge on any atom is -0.208 e. The van der Waals surface area contributed by atoms with E-state index in [-0.39, 0.29) is 5.41 Å². The number of hydrogen-bond acceptors (Lipinski definition) is 3. The van der Waals surface area contributed by atoms with Crippen molar-refractivity contribution in [2.45, 2.75) is 37.0 Å². The number of fused-ring (bicyclic) bond motifs is 18. The molecule has 2 spiro atoms. The first-order chi connectivity index (χ1) is 35.6. The molecule has 5 atom stereocenters. The van der Waals surface area contributed by atoms with Gasteiger partial charge >= 0.3 is 0 Å². The summed E-state index contributed by atoms with van der Waals surface area (Å²) in [5.74, 6) is 4.69. The monoisotopic (exact) mass is 919 g/mol. The van der Waals surface area contributed by atoms with Crippen molar-refractivity contribution < 1.29 is 0 Å². The summed E-state index contributed by atoms with van der Waals surface area (Å²) in [6.45, 7) is 2.45. The Kier molecular flexibility index (Phi) is 8.36. The van der Waals surface area contributed by atoms with Gasteiger partial charge in [-0.05, 0) is 162 Å². The number of rotatable bonds is 5. The van der Waals surface area contributed by atoms with E-state index in [4.69, 9.17) is 15.0 Å². The van der Waals surface area contributed by atoms with E-state index in [0.29, 0.717) is 35.2 Å². The highest BCUT2D eigenvalue weighted by atomic mass is 15.0. The van der Waals surface area contributed by atoms with Gasteiger partial charge in [-0.2, -0.15) is 0 Å². The van der Waals surface area contributed by atoms with Gasteiger partial charge in [0.15, 0.2) is 17.5 Å². The topological polar surface area (TPSA) is 38.7 Å². The first-order valence-electron chi connectivity index (χ1n) is 26.0. The Balaban J connectivity index is 0.924. The van der Waals surface area contributed by atoms with Crippen molar-refractivity contribution in [3.63, 3.8) is 0 Å². The van der Waals surface area contributed by atoms with Gasteiger partial charge in [-0.3, -0.25) is 0 Å². The van der Waals surface area contributed by atoms with Crippen LogP contribution in [0.2, 0.25) is 0 Å². The minimum atomic E-state index is -0.402. The van der Waals surface area contributed by atoms with Crippen LogP contribution in [0.25, 0.3) is 89.8 Å². The number of aromatic nitrogens is 3. The fourth-order valence-electron chi connectivity index (χ4n) is 15.2. The second kappa shape index (κ2) is 14.9. The molecule has 2 fully saturated rings. The zero-order chi connectivity index (χ0) is 47.3. The van der Waals surface area contributed by atoms with Gasteiger partial charge in [0.05, 0.1) is 5.41 Å². The SMILES string of the molecule is CC1C=C2C3CC(C1)CC3C21c2ccccc2-c2ccc(-c3cc(-c4ccc5c(c4)-c4ccccc4C54c5ccccc5-c5ccccc54)cc(-c4nc(-c5ccccc5)nc(-c5ccccc5)n4)c3)cc21. The second-order valence-electron chi connectivity index (χ2n) is 21.5. The number of benzene rings is 9. The van der Waals surface area contributed by atoms with Gasteiger partial charge in [-0.1, -0.05) is 201 Å². The smallest absolute Gasteiger partial charge is 0.164 e. The standard InChI is InChI=1S/C69H49N3/c1-41-32-42-34-56-62(33-41)69(63(56)35-42)59-26-14-10-22-52(59)54-30-28-46(40-64(54)69)48-36-47(37-49(38-48)67-71-65(43-16-4-2-5-17-43)70-66(72-67)44-18-6-3-7-19-44)45-29-31-61-55(39-45)53-23-11-15-27-60(53)68(61)57-24-12-8-20-50(57)51-21-9-13-25-58(51)68/h2-31,33,36-42,56,63H,32,34-35H2,1H3. The van der Waals surface area contributed by atoms with Crippen molar-refractivity contribution in [3.05, 3.63) is 257 Å². The molecule has 1 aromatic heterocycles. The molecule has 6 aliphatic rings. The number of allylic oxidation sites excluding steroid dienone is 2. The molecule has 10 aromatic rings. The Morgan fingerprint density at radius 1 is 0.347 bits per heavy atom. The maximum atomic E-state index is 5.33. The zero-order valence-corrected chi connectivity index (χ0v) is 40.1. The third kappa shape index (κ3) is 5.38. The van der Waals surface area contributed by atoms with Gasteiger partial charge in [0.1, 0.15) is 0 Å². The summed E-state index contributed by atoms with van der Waals surface area (Å²) in [6.07, 6.45) is 6.68. The molecule has 1 heterocycles. The van der Waals surface area contributed by atoms with Gasteiger partial charge in [0.25, 0.3) is 0 Å². The Morgan fingerprint density at radius 3 is 1.42 bits per heavy atom. The number of hydrogen-bond donors (Lipinski definition) is 0. The first kappa shape index (κ1) is 40.5. The summed E-state index contributed by atoms with van der Waals surface area (Å²) in [5.41, 5.74) is 25.2. The molecule has 3 nitrogen and oxygen atoms in total. The molecule has 0 N–H and O–H groups in total. The number of nitrogens with zero attached hydrogens (tertiary/aromatic N) is 3. The van der Waals surface area contributed by atoms with E-state index in [1.54, 1.807) is 5.57 Å². The quantitative estimate of drug-likeness (QED) is 0.161. The van der Waals surface area contributed by atoms with Gasteiger partial charge < -0.3 is 0 Å². The largest absolute Gasteiger partial charge is 0.208 e. The van der Waals surface area contributed by atoms with Gasteiger partial charge in [-0.15, -0.1) is 0 Å². The molecule has 0 aliphatic heterocycles. The van der Waals surface area contributed by atoms with E-state index < -0.39 is 5.41 Å². The van der Waals surface area contributed by atoms with Crippen LogP contribution in [0.15, 0.2) is 224 Å². The molecule has 2 bridgehead atoms. The fourth-order valence-corrected chi connectivity index (χ4v) is 15.2. The van der Waals surface area contributed by atoms with Crippen molar-refractivity contribution in [2.24, 2.45) is 23.7 Å². The maximum Gasteiger partial charge on any atom is 0.164 e. The maximum absolute atomic E-state index is 5.33. The normalized spacial score (nSPS) is 21.5. The van der Waals surface area contributed by atoms with Gasteiger partial charge in [0.2, 0.25) is 0 Å². The van der Waals surface area contributed by atoms with E-state index in [1.165, 1.54) is 91.6 Å². The van der Waals surface area contributed by atoms with Crippen LogP contribution in [0.5, 0.6) is 0 Å². The highest BCUT2D eigenvalue weighted by molar-refractivity contribution is 5.97. The van der Waals surface area contributed by atoms with Crippen LogP contribution in [0, 0.1) is 23.7 Å². The minimum absolute atomic E-state index is 0.0688. The van der Waals surface area contributed by atoms with Crippen molar-refractivity contribution in [3.8, 4) is 89.8 Å². The van der Waals surface area contributed by atoms with Gasteiger partial charge in [-0.25, -0.2) is 15.0 Å². The van der Waals surface area contributed by atoms with Crippen LogP contribution in [0.1, 0.15) is 59.6 Å². The summed E-state index contributed by atoms with van der Waals surface area (Å²) < 4.78 is 0. The molecule has 3 heteroatoms. The second-order valence-corrected chi connectivity index (χ2v) is 21.5. The first-order valence-corrected chi connectivity index (χ1v) is 26.0. The highest BCUT2D eigenvalue weighted by Crippen LogP contribution is 2.73. The Labute approximate surface area is 420 Å². The van der Waals surface area contributed by atoms with E-state index in [2.05, 4.69) is 213 Å². The Hall–Kier alpha value is -8.27. The van der Waals surface area contributed by atoms with Crippen molar-refractivity contribution in [1.82, 2.24) is 15.0 Å². The van der Waals surface area contributed by atoms with Crippen LogP contribution in [-0.4, -0.2) is 15.0 Å². The van der Waals surface area contributed by atoms with Crippen LogP contribution >= 0.6 is 0 Å². The summed E-state index contributed by atoms with van der Waals surface area (Å²) in [7, 11) is 0. The highest BCUT2D eigenvalue weighted by Gasteiger charge is 2.66. The lowest BCUT2D eigenvalue weighted by molar-refractivity contribution is 0.193. The predicted molar refractivity (Wildman–Crippen MR) is 291 cm³/mol. The Morgan fingerprint density at radius 2 is 0.806 bits per heavy atom. The molecule has 5 unspecified atom stereocenters. The summed E-state index contributed by atoms with van der Waals surface area (Å²) in [4.78, 5) is 15.8. The summed E-state index contributed by atoms with van der Waals surface area (Å²) >= 11 is 0. The third-order valence-electron chi connectivity index (χ3n) is 17.9. The lowest BCUT2D eigenvalue weighted by Crippen LogP contribution is -2.51. The van der Waals surface area contributed by atoms with E-state index >= 15 is 0 Å².